The van der Waals surface area contributed by atoms with Gasteiger partial charge in [0.2, 0.25) is 5.91 Å². The van der Waals surface area contributed by atoms with Gasteiger partial charge in [0.05, 0.1) is 6.54 Å². The highest BCUT2D eigenvalue weighted by Crippen LogP contribution is 2.04. The van der Waals surface area contributed by atoms with E-state index in [2.05, 4.69) is 26.1 Å². The van der Waals surface area contributed by atoms with Gasteiger partial charge >= 0.3 is 0 Å². The first-order valence-corrected chi connectivity index (χ1v) is 4.14. The van der Waals surface area contributed by atoms with Gasteiger partial charge in [-0.3, -0.25) is 4.79 Å². The van der Waals surface area contributed by atoms with E-state index in [0.717, 1.165) is 6.54 Å². The molecule has 1 atom stereocenters. The lowest BCUT2D eigenvalue weighted by Gasteiger charge is -2.34. The molecule has 1 N–H and O–H groups in total. The van der Waals surface area contributed by atoms with Crippen LogP contribution >= 0.6 is 0 Å². The molecule has 0 aromatic carbocycles. The van der Waals surface area contributed by atoms with Gasteiger partial charge in [0.1, 0.15) is 0 Å². The lowest BCUT2D eigenvalue weighted by Crippen LogP contribution is -2.55. The van der Waals surface area contributed by atoms with E-state index in [-0.39, 0.29) is 5.91 Å². The summed E-state index contributed by atoms with van der Waals surface area (Å²) in [4.78, 5) is 13.2. The van der Waals surface area contributed by atoms with E-state index < -0.39 is 0 Å². The van der Waals surface area contributed by atoms with E-state index in [1.807, 2.05) is 4.90 Å². The second-order valence-corrected chi connectivity index (χ2v) is 3.42. The highest BCUT2D eigenvalue weighted by atomic mass is 16.2. The van der Waals surface area contributed by atoms with E-state index in [1.54, 1.807) is 0 Å². The molecule has 11 heavy (non-hydrogen) atoms. The fraction of sp³-hybridized carbons (Fsp3) is 0.875. The molecule has 0 aromatic heterocycles. The topological polar surface area (TPSA) is 32.3 Å². The van der Waals surface area contributed by atoms with E-state index in [0.29, 0.717) is 18.6 Å². The van der Waals surface area contributed by atoms with Gasteiger partial charge in [0, 0.05) is 18.6 Å². The molecule has 1 aliphatic heterocycles. The summed E-state index contributed by atoms with van der Waals surface area (Å²) in [5.74, 6) is 0.220. The van der Waals surface area contributed by atoms with Crippen LogP contribution in [0.3, 0.4) is 0 Å². The van der Waals surface area contributed by atoms with E-state index >= 15 is 0 Å². The third-order valence-electron chi connectivity index (χ3n) is 2.02. The molecule has 0 aromatic rings. The van der Waals surface area contributed by atoms with Crippen molar-refractivity contribution < 1.29 is 4.79 Å². The third kappa shape index (κ3) is 1.93. The minimum atomic E-state index is 0.220. The molecule has 1 aliphatic rings. The first-order valence-electron chi connectivity index (χ1n) is 4.14. The number of carbonyl (C=O) groups is 1. The smallest absolute Gasteiger partial charge is 0.236 e. The summed E-state index contributed by atoms with van der Waals surface area (Å²) in [5, 5.41) is 3.13. The van der Waals surface area contributed by atoms with Crippen LogP contribution in [-0.2, 0) is 4.79 Å². The molecular formula is C8H16N2O. The Morgan fingerprint density at radius 2 is 2.27 bits per heavy atom. The van der Waals surface area contributed by atoms with Crippen LogP contribution in [0.25, 0.3) is 0 Å². The maximum Gasteiger partial charge on any atom is 0.236 e. The Hall–Kier alpha value is -0.570. The number of piperazine rings is 1. The van der Waals surface area contributed by atoms with Crippen LogP contribution in [0.5, 0.6) is 0 Å². The molecule has 1 fully saturated rings. The molecule has 1 amide bonds. The van der Waals surface area contributed by atoms with Crippen molar-refractivity contribution in [3.8, 4) is 0 Å². The van der Waals surface area contributed by atoms with Gasteiger partial charge in [-0.2, -0.15) is 0 Å². The lowest BCUT2D eigenvalue weighted by molar-refractivity contribution is -0.134. The number of nitrogens with one attached hydrogen (secondary N) is 1. The second kappa shape index (κ2) is 3.22. The summed E-state index contributed by atoms with van der Waals surface area (Å²) in [6.07, 6.45) is 0. The Morgan fingerprint density at radius 1 is 1.64 bits per heavy atom. The van der Waals surface area contributed by atoms with Crippen molar-refractivity contribution in [3.05, 3.63) is 0 Å². The average molecular weight is 156 g/mol. The Labute approximate surface area is 67.8 Å². The van der Waals surface area contributed by atoms with Gasteiger partial charge in [-0.05, 0) is 20.8 Å². The molecule has 3 heteroatoms. The van der Waals surface area contributed by atoms with E-state index in [1.165, 1.54) is 0 Å². The number of rotatable bonds is 1. The van der Waals surface area contributed by atoms with Crippen LogP contribution in [0.15, 0.2) is 0 Å². The van der Waals surface area contributed by atoms with E-state index in [4.69, 9.17) is 0 Å². The maximum absolute atomic E-state index is 11.2. The summed E-state index contributed by atoms with van der Waals surface area (Å²) < 4.78 is 0. The van der Waals surface area contributed by atoms with Crippen LogP contribution < -0.4 is 5.32 Å². The first-order chi connectivity index (χ1) is 5.11. The van der Waals surface area contributed by atoms with Crippen molar-refractivity contribution >= 4 is 5.91 Å². The fourth-order valence-electron chi connectivity index (χ4n) is 1.32. The Kier molecular flexibility index (Phi) is 2.49. The molecule has 3 nitrogen and oxygen atoms in total. The number of hydrogen-bond donors (Lipinski definition) is 1. The zero-order valence-electron chi connectivity index (χ0n) is 7.42. The standard InChI is InChI=1S/C8H16N2O/c1-6(2)10-5-7(3)9-4-8(10)11/h6-7,9H,4-5H2,1-3H3/t7-/m0/s1. The number of nitrogens with zero attached hydrogens (tertiary/aromatic N) is 1. The summed E-state index contributed by atoms with van der Waals surface area (Å²) in [6, 6.07) is 0.780. The number of amides is 1. The van der Waals surface area contributed by atoms with Crippen molar-refractivity contribution in [2.24, 2.45) is 0 Å². The van der Waals surface area contributed by atoms with Gasteiger partial charge in [-0.1, -0.05) is 0 Å². The molecule has 1 rings (SSSR count). The monoisotopic (exact) mass is 156 g/mol. The minimum Gasteiger partial charge on any atom is -0.338 e. The predicted molar refractivity (Wildman–Crippen MR) is 44.3 cm³/mol. The third-order valence-corrected chi connectivity index (χ3v) is 2.02. The van der Waals surface area contributed by atoms with Crippen LogP contribution in [0.2, 0.25) is 0 Å². The van der Waals surface area contributed by atoms with E-state index in [9.17, 15) is 4.79 Å². The molecule has 0 aliphatic carbocycles. The highest BCUT2D eigenvalue weighted by Gasteiger charge is 2.23. The molecular weight excluding hydrogens is 140 g/mol. The Balaban J connectivity index is 2.54. The zero-order valence-corrected chi connectivity index (χ0v) is 7.42. The largest absolute Gasteiger partial charge is 0.338 e. The Morgan fingerprint density at radius 3 is 2.73 bits per heavy atom. The molecule has 0 bridgehead atoms. The van der Waals surface area contributed by atoms with Gasteiger partial charge in [0.15, 0.2) is 0 Å². The normalized spacial score (nSPS) is 26.4. The summed E-state index contributed by atoms with van der Waals surface area (Å²) in [7, 11) is 0. The van der Waals surface area contributed by atoms with Gasteiger partial charge in [0.25, 0.3) is 0 Å². The Bertz CT molecular complexity index is 156. The van der Waals surface area contributed by atoms with Crippen LogP contribution in [-0.4, -0.2) is 36.0 Å². The van der Waals surface area contributed by atoms with Crippen molar-refractivity contribution in [1.82, 2.24) is 10.2 Å². The van der Waals surface area contributed by atoms with Crippen LogP contribution in [0.4, 0.5) is 0 Å². The lowest BCUT2D eigenvalue weighted by atomic mass is 10.2. The van der Waals surface area contributed by atoms with Crippen LogP contribution in [0.1, 0.15) is 20.8 Å². The molecule has 0 saturated carbocycles. The number of hydrogen-bond acceptors (Lipinski definition) is 2. The molecule has 0 unspecified atom stereocenters. The second-order valence-electron chi connectivity index (χ2n) is 3.42. The zero-order chi connectivity index (χ0) is 8.43. The fourth-order valence-corrected chi connectivity index (χ4v) is 1.32. The summed E-state index contributed by atoms with van der Waals surface area (Å²) in [5.41, 5.74) is 0. The van der Waals surface area contributed by atoms with Gasteiger partial charge < -0.3 is 10.2 Å². The molecule has 0 radical (unpaired) electrons. The minimum absolute atomic E-state index is 0.220. The molecule has 64 valence electrons. The SMILES string of the molecule is CC(C)N1C[C@H](C)NCC1=O. The molecule has 0 spiro atoms. The average Bonchev–Trinajstić information content (AvgIpc) is 1.94. The van der Waals surface area contributed by atoms with Crippen molar-refractivity contribution in [2.75, 3.05) is 13.1 Å². The van der Waals surface area contributed by atoms with Crippen molar-refractivity contribution in [2.45, 2.75) is 32.9 Å². The number of carbonyl (C=O) groups excluding carboxylic acids is 1. The first kappa shape index (κ1) is 8.53. The molecule has 1 heterocycles. The highest BCUT2D eigenvalue weighted by molar-refractivity contribution is 5.79. The van der Waals surface area contributed by atoms with Gasteiger partial charge in [-0.25, -0.2) is 0 Å². The van der Waals surface area contributed by atoms with Crippen molar-refractivity contribution in [1.29, 1.82) is 0 Å². The summed E-state index contributed by atoms with van der Waals surface area (Å²) in [6.45, 7) is 7.55. The van der Waals surface area contributed by atoms with Gasteiger partial charge in [-0.15, -0.1) is 0 Å². The van der Waals surface area contributed by atoms with Crippen molar-refractivity contribution in [3.63, 3.8) is 0 Å². The molecule has 1 saturated heterocycles. The summed E-state index contributed by atoms with van der Waals surface area (Å²) >= 11 is 0. The van der Waals surface area contributed by atoms with Crippen LogP contribution in [0, 0.1) is 0 Å². The maximum atomic E-state index is 11.2. The predicted octanol–water partition coefficient (Wildman–Crippen LogP) is 0.215. The quantitative estimate of drug-likeness (QED) is 0.589.